The maximum absolute atomic E-state index is 13.8. The Morgan fingerprint density at radius 1 is 1.06 bits per heavy atom. The second-order valence-electron chi connectivity index (χ2n) is 11.3. The molecule has 1 aromatic carbocycles. The van der Waals surface area contributed by atoms with E-state index in [4.69, 9.17) is 9.47 Å². The first-order valence-corrected chi connectivity index (χ1v) is 13.3. The first-order chi connectivity index (χ1) is 16.9. The van der Waals surface area contributed by atoms with Gasteiger partial charge in [0.15, 0.2) is 6.10 Å². The first-order valence-electron chi connectivity index (χ1n) is 13.3. The fraction of sp³-hybridized carbons (Fsp3) is 0.679. The Kier molecular flexibility index (Phi) is 6.78. The molecule has 1 aromatic rings. The van der Waals surface area contributed by atoms with Crippen LogP contribution in [0.3, 0.4) is 0 Å². The number of carbonyl (C=O) groups is 3. The van der Waals surface area contributed by atoms with Crippen LogP contribution in [0.15, 0.2) is 24.3 Å². The van der Waals surface area contributed by atoms with Gasteiger partial charge in [-0.1, -0.05) is 12.1 Å². The van der Waals surface area contributed by atoms with Gasteiger partial charge in [-0.25, -0.2) is 4.79 Å². The van der Waals surface area contributed by atoms with E-state index in [2.05, 4.69) is 5.32 Å². The molecule has 7 nitrogen and oxygen atoms in total. The molecular weight excluding hydrogens is 444 g/mol. The monoisotopic (exact) mass is 482 g/mol. The van der Waals surface area contributed by atoms with E-state index < -0.39 is 18.1 Å². The fourth-order valence-corrected chi connectivity index (χ4v) is 7.50. The molecule has 2 atom stereocenters. The van der Waals surface area contributed by atoms with Crippen LogP contribution < -0.4 is 10.1 Å². The van der Waals surface area contributed by atoms with Crippen molar-refractivity contribution in [1.29, 1.82) is 0 Å². The minimum absolute atomic E-state index is 0.174. The number of rotatable bonds is 8. The molecule has 4 saturated carbocycles. The van der Waals surface area contributed by atoms with E-state index in [1.165, 1.54) is 19.3 Å². The Morgan fingerprint density at radius 2 is 1.69 bits per heavy atom. The van der Waals surface area contributed by atoms with Crippen molar-refractivity contribution in [3.8, 4) is 5.75 Å². The molecule has 5 aliphatic rings. The Morgan fingerprint density at radius 3 is 2.29 bits per heavy atom. The second kappa shape index (κ2) is 9.82. The summed E-state index contributed by atoms with van der Waals surface area (Å²) in [7, 11) is 1.63. The Hall–Kier alpha value is -2.57. The lowest BCUT2D eigenvalue weighted by Crippen LogP contribution is -2.56. The van der Waals surface area contributed by atoms with Gasteiger partial charge in [0.1, 0.15) is 11.8 Å². The summed E-state index contributed by atoms with van der Waals surface area (Å²) in [6.07, 6.45) is 8.01. The molecule has 2 unspecified atom stereocenters. The van der Waals surface area contributed by atoms with Gasteiger partial charge in [0.25, 0.3) is 5.91 Å². The van der Waals surface area contributed by atoms with Crippen LogP contribution in [-0.4, -0.2) is 55.0 Å². The van der Waals surface area contributed by atoms with Crippen molar-refractivity contribution in [2.75, 3.05) is 20.2 Å². The number of esters is 1. The SMILES string of the molecule is COc1ccc(CCNC(=O)C(C)OC(=O)C2CCCN2C(=O)C23CC4CC(CC(C4)C2)C3)cc1. The highest BCUT2D eigenvalue weighted by molar-refractivity contribution is 5.90. The summed E-state index contributed by atoms with van der Waals surface area (Å²) < 4.78 is 10.7. The normalized spacial score (nSPS) is 31.8. The van der Waals surface area contributed by atoms with Crippen LogP contribution in [0, 0.1) is 23.2 Å². The molecule has 1 aliphatic heterocycles. The van der Waals surface area contributed by atoms with Crippen LogP contribution in [0.5, 0.6) is 5.75 Å². The molecule has 0 spiro atoms. The third-order valence-corrected chi connectivity index (χ3v) is 8.81. The van der Waals surface area contributed by atoms with E-state index in [1.807, 2.05) is 24.3 Å². The number of hydrogen-bond donors (Lipinski definition) is 1. The van der Waals surface area contributed by atoms with Crippen molar-refractivity contribution in [2.45, 2.75) is 76.9 Å². The number of likely N-dealkylation sites (tertiary alicyclic amines) is 1. The molecule has 35 heavy (non-hydrogen) atoms. The predicted octanol–water partition coefficient (Wildman–Crippen LogP) is 3.49. The number of ether oxygens (including phenoxy) is 2. The van der Waals surface area contributed by atoms with Crippen LogP contribution in [-0.2, 0) is 25.5 Å². The molecule has 7 heteroatoms. The number of amides is 2. The van der Waals surface area contributed by atoms with Gasteiger partial charge in [0, 0.05) is 13.1 Å². The van der Waals surface area contributed by atoms with Gasteiger partial charge in [0.2, 0.25) is 5.91 Å². The van der Waals surface area contributed by atoms with Gasteiger partial charge >= 0.3 is 5.97 Å². The van der Waals surface area contributed by atoms with Crippen molar-refractivity contribution in [2.24, 2.45) is 23.2 Å². The highest BCUT2D eigenvalue weighted by Gasteiger charge is 2.57. The molecule has 0 radical (unpaired) electrons. The first kappa shape index (κ1) is 24.1. The third-order valence-electron chi connectivity index (χ3n) is 8.81. The standard InChI is InChI=1S/C28H38N2O5/c1-18(25(31)29-10-9-19-5-7-23(34-2)8-6-19)35-26(32)24-4-3-11-30(24)27(33)28-15-20-12-21(16-28)14-22(13-20)17-28/h5-8,18,20-22,24H,3-4,9-17H2,1-2H3,(H,29,31). The number of hydrogen-bond acceptors (Lipinski definition) is 5. The fourth-order valence-electron chi connectivity index (χ4n) is 7.50. The van der Waals surface area contributed by atoms with E-state index in [0.717, 1.165) is 37.0 Å². The average molecular weight is 483 g/mol. The van der Waals surface area contributed by atoms with Crippen molar-refractivity contribution < 1.29 is 23.9 Å². The summed E-state index contributed by atoms with van der Waals surface area (Å²) in [6.45, 7) is 2.66. The van der Waals surface area contributed by atoms with Gasteiger partial charge in [-0.3, -0.25) is 9.59 Å². The van der Waals surface area contributed by atoms with E-state index in [0.29, 0.717) is 43.7 Å². The molecule has 1 saturated heterocycles. The molecule has 6 rings (SSSR count). The minimum Gasteiger partial charge on any atom is -0.497 e. The number of nitrogens with one attached hydrogen (secondary N) is 1. The number of nitrogens with zero attached hydrogens (tertiary/aromatic N) is 1. The lowest BCUT2D eigenvalue weighted by molar-refractivity contribution is -0.168. The molecule has 190 valence electrons. The van der Waals surface area contributed by atoms with Gasteiger partial charge in [0.05, 0.1) is 12.5 Å². The summed E-state index contributed by atoms with van der Waals surface area (Å²) in [6, 6.07) is 7.14. The molecular formula is C28H38N2O5. The van der Waals surface area contributed by atoms with Crippen molar-refractivity contribution >= 4 is 17.8 Å². The lowest BCUT2D eigenvalue weighted by Gasteiger charge is -2.56. The number of benzene rings is 1. The van der Waals surface area contributed by atoms with E-state index >= 15 is 0 Å². The summed E-state index contributed by atoms with van der Waals surface area (Å²) in [5, 5.41) is 2.85. The van der Waals surface area contributed by atoms with Crippen LogP contribution in [0.2, 0.25) is 0 Å². The molecule has 4 aliphatic carbocycles. The van der Waals surface area contributed by atoms with Gasteiger partial charge < -0.3 is 19.7 Å². The van der Waals surface area contributed by atoms with E-state index in [-0.39, 0.29) is 17.2 Å². The zero-order valence-corrected chi connectivity index (χ0v) is 21.0. The number of methoxy groups -OCH3 is 1. The van der Waals surface area contributed by atoms with Crippen LogP contribution in [0.4, 0.5) is 0 Å². The highest BCUT2D eigenvalue weighted by Crippen LogP contribution is 2.60. The Balaban J connectivity index is 1.13. The van der Waals surface area contributed by atoms with Crippen molar-refractivity contribution in [3.05, 3.63) is 29.8 Å². The lowest BCUT2D eigenvalue weighted by atomic mass is 9.49. The van der Waals surface area contributed by atoms with E-state index in [9.17, 15) is 14.4 Å². The Labute approximate surface area is 207 Å². The summed E-state index contributed by atoms with van der Waals surface area (Å²) >= 11 is 0. The Bertz CT molecular complexity index is 923. The molecule has 0 aromatic heterocycles. The predicted molar refractivity (Wildman–Crippen MR) is 131 cm³/mol. The van der Waals surface area contributed by atoms with Crippen molar-refractivity contribution in [3.63, 3.8) is 0 Å². The summed E-state index contributed by atoms with van der Waals surface area (Å²) in [5.41, 5.74) is 0.822. The zero-order chi connectivity index (χ0) is 24.6. The average Bonchev–Trinajstić information content (AvgIpc) is 3.33. The van der Waals surface area contributed by atoms with Crippen molar-refractivity contribution in [1.82, 2.24) is 10.2 Å². The smallest absolute Gasteiger partial charge is 0.329 e. The summed E-state index contributed by atoms with van der Waals surface area (Å²) in [5.74, 6) is 2.25. The topological polar surface area (TPSA) is 84.9 Å². The zero-order valence-electron chi connectivity index (χ0n) is 21.0. The second-order valence-corrected chi connectivity index (χ2v) is 11.3. The third kappa shape index (κ3) is 4.91. The molecule has 1 N–H and O–H groups in total. The molecule has 4 bridgehead atoms. The summed E-state index contributed by atoms with van der Waals surface area (Å²) in [4.78, 5) is 41.2. The quantitative estimate of drug-likeness (QED) is 0.574. The van der Waals surface area contributed by atoms with Gasteiger partial charge in [-0.15, -0.1) is 0 Å². The maximum atomic E-state index is 13.8. The molecule has 2 amide bonds. The highest BCUT2D eigenvalue weighted by atomic mass is 16.5. The van der Waals surface area contributed by atoms with Crippen LogP contribution in [0.25, 0.3) is 0 Å². The maximum Gasteiger partial charge on any atom is 0.329 e. The van der Waals surface area contributed by atoms with Crippen LogP contribution >= 0.6 is 0 Å². The molecule has 1 heterocycles. The van der Waals surface area contributed by atoms with Crippen LogP contribution in [0.1, 0.15) is 63.9 Å². The number of carbonyl (C=O) groups excluding carboxylic acids is 3. The van der Waals surface area contributed by atoms with E-state index in [1.54, 1.807) is 18.9 Å². The molecule has 5 fully saturated rings. The van der Waals surface area contributed by atoms with Gasteiger partial charge in [-0.05, 0) is 100 Å². The van der Waals surface area contributed by atoms with Gasteiger partial charge in [-0.2, -0.15) is 0 Å². The largest absolute Gasteiger partial charge is 0.497 e. The minimum atomic E-state index is -0.893.